The molecule has 0 spiro atoms. The molecule has 2 amide bonds. The van der Waals surface area contributed by atoms with Crippen LogP contribution < -0.4 is 20.2 Å². The first-order valence-electron chi connectivity index (χ1n) is 10.4. The molecule has 0 aromatic heterocycles. The maximum absolute atomic E-state index is 13.2. The lowest BCUT2D eigenvalue weighted by atomic mass is 10.2. The fourth-order valence-electron chi connectivity index (χ4n) is 2.82. The number of anilines is 1. The Morgan fingerprint density at radius 2 is 1.76 bits per heavy atom. The Labute approximate surface area is 201 Å². The van der Waals surface area contributed by atoms with Crippen LogP contribution in [0.15, 0.2) is 65.8 Å². The molecule has 3 aromatic carbocycles. The number of benzene rings is 3. The van der Waals surface area contributed by atoms with Crippen LogP contribution in [0.1, 0.15) is 23.6 Å². The number of nitrogens with zero attached hydrogens (tertiary/aromatic N) is 1. The predicted molar refractivity (Wildman–Crippen MR) is 129 cm³/mol. The summed E-state index contributed by atoms with van der Waals surface area (Å²) >= 11 is 5.66. The molecular weight excluding hydrogens is 461 g/mol. The molecule has 0 radical (unpaired) electrons. The summed E-state index contributed by atoms with van der Waals surface area (Å²) in [5.41, 5.74) is 5.14. The van der Waals surface area contributed by atoms with E-state index in [0.29, 0.717) is 30.3 Å². The number of ether oxygens (including phenoxy) is 2. The third kappa shape index (κ3) is 7.05. The fourth-order valence-corrected chi connectivity index (χ4v) is 3.00. The fraction of sp³-hybridized carbons (Fsp3) is 0.160. The van der Waals surface area contributed by atoms with Crippen molar-refractivity contribution in [2.24, 2.45) is 5.10 Å². The Kier molecular flexibility index (Phi) is 8.59. The van der Waals surface area contributed by atoms with Crippen LogP contribution in [0.3, 0.4) is 0 Å². The molecule has 0 saturated heterocycles. The predicted octanol–water partition coefficient (Wildman–Crippen LogP) is 4.85. The number of aryl methyl sites for hydroxylation is 1. The van der Waals surface area contributed by atoms with Crippen molar-refractivity contribution >= 4 is 35.3 Å². The molecule has 7 nitrogen and oxygen atoms in total. The molecule has 0 unspecified atom stereocenters. The third-order valence-corrected chi connectivity index (χ3v) is 4.84. The molecule has 0 aliphatic heterocycles. The van der Waals surface area contributed by atoms with Crippen molar-refractivity contribution in [2.75, 3.05) is 11.9 Å². The molecular formula is C25H23ClFN3O4. The second kappa shape index (κ2) is 11.8. The first-order valence-corrected chi connectivity index (χ1v) is 10.8. The molecule has 0 atom stereocenters. The highest BCUT2D eigenvalue weighted by Gasteiger charge is 2.14. The van der Waals surface area contributed by atoms with Crippen LogP contribution in [-0.4, -0.2) is 24.6 Å². The van der Waals surface area contributed by atoms with Crippen LogP contribution in [0.4, 0.5) is 10.1 Å². The van der Waals surface area contributed by atoms with Crippen molar-refractivity contribution in [1.29, 1.82) is 0 Å². The zero-order chi connectivity index (χ0) is 24.5. The number of amides is 2. The number of nitrogens with one attached hydrogen (secondary N) is 2. The van der Waals surface area contributed by atoms with Crippen molar-refractivity contribution in [3.05, 3.63) is 88.2 Å². The smallest absolute Gasteiger partial charge is 0.329 e. The second-order valence-corrected chi connectivity index (χ2v) is 7.60. The quantitative estimate of drug-likeness (QED) is 0.272. The minimum absolute atomic E-state index is 0.173. The molecule has 34 heavy (non-hydrogen) atoms. The van der Waals surface area contributed by atoms with Gasteiger partial charge in [0.15, 0.2) is 11.5 Å². The summed E-state index contributed by atoms with van der Waals surface area (Å²) in [6.07, 6.45) is 1.37. The Hall–Kier alpha value is -3.91. The van der Waals surface area contributed by atoms with E-state index in [1.54, 1.807) is 18.2 Å². The van der Waals surface area contributed by atoms with Gasteiger partial charge in [-0.1, -0.05) is 41.4 Å². The van der Waals surface area contributed by atoms with Crippen molar-refractivity contribution < 1.29 is 23.5 Å². The van der Waals surface area contributed by atoms with E-state index in [2.05, 4.69) is 15.8 Å². The van der Waals surface area contributed by atoms with E-state index >= 15 is 0 Å². The summed E-state index contributed by atoms with van der Waals surface area (Å²) in [6, 6.07) is 16.8. The van der Waals surface area contributed by atoms with Crippen LogP contribution >= 0.6 is 11.6 Å². The highest BCUT2D eigenvalue weighted by atomic mass is 35.5. The van der Waals surface area contributed by atoms with E-state index < -0.39 is 17.6 Å². The molecule has 0 bridgehead atoms. The van der Waals surface area contributed by atoms with E-state index in [4.69, 9.17) is 21.1 Å². The van der Waals surface area contributed by atoms with E-state index in [0.717, 1.165) is 11.6 Å². The second-order valence-electron chi connectivity index (χ2n) is 7.20. The number of hydrogen-bond acceptors (Lipinski definition) is 5. The first kappa shape index (κ1) is 24.7. The monoisotopic (exact) mass is 483 g/mol. The zero-order valence-corrected chi connectivity index (χ0v) is 19.4. The molecule has 3 rings (SSSR count). The number of hydrazone groups is 1. The summed E-state index contributed by atoms with van der Waals surface area (Å²) < 4.78 is 24.8. The number of carbonyl (C=O) groups is 2. The van der Waals surface area contributed by atoms with Gasteiger partial charge in [0.05, 0.1) is 17.8 Å². The van der Waals surface area contributed by atoms with Gasteiger partial charge < -0.3 is 14.8 Å². The van der Waals surface area contributed by atoms with Crippen molar-refractivity contribution in [3.63, 3.8) is 0 Å². The number of rotatable bonds is 8. The molecule has 2 N–H and O–H groups in total. The van der Waals surface area contributed by atoms with Gasteiger partial charge in [-0.3, -0.25) is 9.59 Å². The lowest BCUT2D eigenvalue weighted by Gasteiger charge is -2.12. The average molecular weight is 484 g/mol. The van der Waals surface area contributed by atoms with Gasteiger partial charge in [-0.2, -0.15) is 5.10 Å². The molecule has 0 heterocycles. The van der Waals surface area contributed by atoms with Gasteiger partial charge in [0, 0.05) is 5.69 Å². The van der Waals surface area contributed by atoms with Crippen molar-refractivity contribution in [3.8, 4) is 11.5 Å². The van der Waals surface area contributed by atoms with Gasteiger partial charge in [0.1, 0.15) is 12.4 Å². The molecule has 9 heteroatoms. The van der Waals surface area contributed by atoms with Gasteiger partial charge in [0.25, 0.3) is 0 Å². The Balaban J connectivity index is 1.59. The highest BCUT2D eigenvalue weighted by molar-refractivity contribution is 6.39. The minimum Gasteiger partial charge on any atom is -0.490 e. The Morgan fingerprint density at radius 3 is 2.47 bits per heavy atom. The topological polar surface area (TPSA) is 89.0 Å². The first-order chi connectivity index (χ1) is 16.4. The van der Waals surface area contributed by atoms with Crippen molar-refractivity contribution in [2.45, 2.75) is 20.5 Å². The third-order valence-electron chi connectivity index (χ3n) is 4.55. The molecule has 0 aliphatic rings. The molecule has 0 aliphatic carbocycles. The SMILES string of the molecule is CCOc1cc(/C=N/NC(=O)C(=O)Nc2ccc(F)c(Cl)c2)ccc1OCc1ccc(C)cc1. The summed E-state index contributed by atoms with van der Waals surface area (Å²) in [7, 11) is 0. The summed E-state index contributed by atoms with van der Waals surface area (Å²) in [5, 5.41) is 5.94. The molecule has 3 aromatic rings. The van der Waals surface area contributed by atoms with Crippen LogP contribution in [0.5, 0.6) is 11.5 Å². The molecule has 0 fully saturated rings. The molecule has 176 valence electrons. The van der Waals surface area contributed by atoms with Crippen LogP contribution in [0.2, 0.25) is 5.02 Å². The van der Waals surface area contributed by atoms with Crippen LogP contribution in [0, 0.1) is 12.7 Å². The average Bonchev–Trinajstić information content (AvgIpc) is 2.82. The highest BCUT2D eigenvalue weighted by Crippen LogP contribution is 2.29. The van der Waals surface area contributed by atoms with E-state index in [-0.39, 0.29) is 10.7 Å². The Morgan fingerprint density at radius 1 is 1.00 bits per heavy atom. The largest absolute Gasteiger partial charge is 0.490 e. The maximum atomic E-state index is 13.2. The van der Waals surface area contributed by atoms with E-state index in [1.807, 2.05) is 38.1 Å². The van der Waals surface area contributed by atoms with Gasteiger partial charge in [-0.05, 0) is 61.4 Å². The zero-order valence-electron chi connectivity index (χ0n) is 18.6. The van der Waals surface area contributed by atoms with E-state index in [9.17, 15) is 14.0 Å². The van der Waals surface area contributed by atoms with E-state index in [1.165, 1.54) is 23.9 Å². The normalized spacial score (nSPS) is 10.7. The Bertz CT molecular complexity index is 1200. The summed E-state index contributed by atoms with van der Waals surface area (Å²) in [5.74, 6) is -1.52. The summed E-state index contributed by atoms with van der Waals surface area (Å²) in [6.45, 7) is 4.70. The van der Waals surface area contributed by atoms with Crippen LogP contribution in [-0.2, 0) is 16.2 Å². The summed E-state index contributed by atoms with van der Waals surface area (Å²) in [4.78, 5) is 23.9. The van der Waals surface area contributed by atoms with Gasteiger partial charge in [0.2, 0.25) is 0 Å². The number of carbonyl (C=O) groups excluding carboxylic acids is 2. The lowest BCUT2D eigenvalue weighted by Crippen LogP contribution is -2.32. The van der Waals surface area contributed by atoms with Gasteiger partial charge in [-0.25, -0.2) is 9.82 Å². The standard InChI is InChI=1S/C25H23ClFN3O4/c1-3-33-23-12-18(8-11-22(23)34-15-17-6-4-16(2)5-7-17)14-28-30-25(32)24(31)29-19-9-10-21(27)20(26)13-19/h4-14H,3,15H2,1-2H3,(H,29,31)(H,30,32)/b28-14+. The van der Waals surface area contributed by atoms with Gasteiger partial charge >= 0.3 is 11.8 Å². The van der Waals surface area contributed by atoms with Gasteiger partial charge in [-0.15, -0.1) is 0 Å². The molecule has 0 saturated carbocycles. The lowest BCUT2D eigenvalue weighted by molar-refractivity contribution is -0.136. The van der Waals surface area contributed by atoms with Crippen LogP contribution in [0.25, 0.3) is 0 Å². The number of hydrogen-bond donors (Lipinski definition) is 2. The minimum atomic E-state index is -1.00. The number of halogens is 2. The van der Waals surface area contributed by atoms with Crippen molar-refractivity contribution in [1.82, 2.24) is 5.43 Å². The maximum Gasteiger partial charge on any atom is 0.329 e.